The first-order chi connectivity index (χ1) is 11.9. The quantitative estimate of drug-likeness (QED) is 0.810. The standard InChI is InChI=1S/C17H17ClF2N2O2S/c18-15-4-2-1-3-13(15)12-21-7-9-22(10-8-21)25(23,24)14-5-6-16(19)17(20)11-14/h1-6,11H,7-10,12H2. The number of rotatable bonds is 4. The molecule has 0 amide bonds. The maximum Gasteiger partial charge on any atom is 0.243 e. The maximum absolute atomic E-state index is 13.3. The van der Waals surface area contributed by atoms with E-state index in [1.54, 1.807) is 0 Å². The van der Waals surface area contributed by atoms with Gasteiger partial charge in [0.15, 0.2) is 11.6 Å². The molecule has 1 fully saturated rings. The Kier molecular flexibility index (Phi) is 5.38. The smallest absolute Gasteiger partial charge is 0.243 e. The van der Waals surface area contributed by atoms with Crippen LogP contribution in [0.1, 0.15) is 5.56 Å². The van der Waals surface area contributed by atoms with Gasteiger partial charge in [-0.2, -0.15) is 4.31 Å². The molecule has 2 aromatic carbocycles. The summed E-state index contributed by atoms with van der Waals surface area (Å²) in [6.45, 7) is 2.28. The molecule has 0 bridgehead atoms. The maximum atomic E-state index is 13.3. The SMILES string of the molecule is O=S(=O)(c1ccc(F)c(F)c1)N1CCN(Cc2ccccc2Cl)CC1. The summed E-state index contributed by atoms with van der Waals surface area (Å²) in [5.41, 5.74) is 0.987. The molecule has 0 radical (unpaired) electrons. The second-order valence-corrected chi connectivity index (χ2v) is 8.19. The number of nitrogens with zero attached hydrogens (tertiary/aromatic N) is 2. The Balaban J connectivity index is 1.67. The van der Waals surface area contributed by atoms with E-state index in [1.165, 1.54) is 4.31 Å². The molecule has 1 heterocycles. The normalized spacial score (nSPS) is 16.9. The Hall–Kier alpha value is -1.54. The van der Waals surface area contributed by atoms with Crippen molar-refractivity contribution in [2.75, 3.05) is 26.2 Å². The summed E-state index contributed by atoms with van der Waals surface area (Å²) in [4.78, 5) is 1.88. The summed E-state index contributed by atoms with van der Waals surface area (Å²) in [5, 5.41) is 0.680. The fraction of sp³-hybridized carbons (Fsp3) is 0.294. The van der Waals surface area contributed by atoms with E-state index in [1.807, 2.05) is 24.3 Å². The summed E-state index contributed by atoms with van der Waals surface area (Å²) in [5.74, 6) is -2.23. The highest BCUT2D eigenvalue weighted by Gasteiger charge is 2.29. The molecule has 1 saturated heterocycles. The Morgan fingerprint density at radius 2 is 1.64 bits per heavy atom. The van der Waals surface area contributed by atoms with Gasteiger partial charge in [-0.25, -0.2) is 17.2 Å². The van der Waals surface area contributed by atoms with Crippen LogP contribution in [0, 0.1) is 11.6 Å². The summed E-state index contributed by atoms with van der Waals surface area (Å²) in [6, 6.07) is 10.2. The Bertz CT molecular complexity index is 869. The molecule has 134 valence electrons. The molecule has 1 aliphatic heterocycles. The molecule has 0 spiro atoms. The molecule has 0 unspecified atom stereocenters. The van der Waals surface area contributed by atoms with E-state index in [0.717, 1.165) is 23.8 Å². The van der Waals surface area contributed by atoms with E-state index < -0.39 is 21.7 Å². The molecule has 3 rings (SSSR count). The van der Waals surface area contributed by atoms with Crippen LogP contribution in [0.3, 0.4) is 0 Å². The van der Waals surface area contributed by atoms with E-state index in [2.05, 4.69) is 4.90 Å². The van der Waals surface area contributed by atoms with Gasteiger partial charge in [-0.3, -0.25) is 4.90 Å². The van der Waals surface area contributed by atoms with Gasteiger partial charge in [0.1, 0.15) is 0 Å². The van der Waals surface area contributed by atoms with E-state index in [4.69, 9.17) is 11.6 Å². The van der Waals surface area contributed by atoms with Crippen molar-refractivity contribution in [2.45, 2.75) is 11.4 Å². The van der Waals surface area contributed by atoms with Crippen molar-refractivity contribution >= 4 is 21.6 Å². The first-order valence-corrected chi connectivity index (χ1v) is 9.61. The molecule has 0 aliphatic carbocycles. The fourth-order valence-electron chi connectivity index (χ4n) is 2.78. The lowest BCUT2D eigenvalue weighted by Crippen LogP contribution is -2.48. The zero-order valence-electron chi connectivity index (χ0n) is 13.3. The molecule has 4 nitrogen and oxygen atoms in total. The average molecular weight is 387 g/mol. The highest BCUT2D eigenvalue weighted by atomic mass is 35.5. The van der Waals surface area contributed by atoms with Crippen molar-refractivity contribution in [3.63, 3.8) is 0 Å². The molecule has 0 N–H and O–H groups in total. The largest absolute Gasteiger partial charge is 0.296 e. The highest BCUT2D eigenvalue weighted by Crippen LogP contribution is 2.22. The predicted molar refractivity (Wildman–Crippen MR) is 91.8 cm³/mol. The monoisotopic (exact) mass is 386 g/mol. The lowest BCUT2D eigenvalue weighted by molar-refractivity contribution is 0.181. The predicted octanol–water partition coefficient (Wildman–Crippen LogP) is 3.12. The number of halogens is 3. The molecule has 0 atom stereocenters. The summed E-state index contributed by atoms with van der Waals surface area (Å²) in [7, 11) is -3.83. The third-order valence-corrected chi connectivity index (χ3v) is 6.48. The fourth-order valence-corrected chi connectivity index (χ4v) is 4.41. The molecule has 1 aliphatic rings. The molecule has 0 aromatic heterocycles. The molecule has 0 saturated carbocycles. The Morgan fingerprint density at radius 1 is 0.960 bits per heavy atom. The van der Waals surface area contributed by atoms with Crippen molar-refractivity contribution in [2.24, 2.45) is 0 Å². The molecule has 25 heavy (non-hydrogen) atoms. The van der Waals surface area contributed by atoms with Crippen molar-refractivity contribution in [1.29, 1.82) is 0 Å². The van der Waals surface area contributed by atoms with E-state index in [9.17, 15) is 17.2 Å². The number of sulfonamides is 1. The molecular weight excluding hydrogens is 370 g/mol. The van der Waals surface area contributed by atoms with Crippen LogP contribution in [0.2, 0.25) is 5.02 Å². The Morgan fingerprint density at radius 3 is 2.28 bits per heavy atom. The number of hydrogen-bond donors (Lipinski definition) is 0. The van der Waals surface area contributed by atoms with Gasteiger partial charge in [0.05, 0.1) is 4.90 Å². The van der Waals surface area contributed by atoms with E-state index in [-0.39, 0.29) is 18.0 Å². The topological polar surface area (TPSA) is 40.6 Å². The minimum atomic E-state index is -3.83. The van der Waals surface area contributed by atoms with Crippen molar-refractivity contribution in [1.82, 2.24) is 9.21 Å². The van der Waals surface area contributed by atoms with Gasteiger partial charge in [-0.1, -0.05) is 29.8 Å². The summed E-state index contributed by atoms with van der Waals surface area (Å²) < 4.78 is 52.8. The zero-order valence-corrected chi connectivity index (χ0v) is 14.9. The van der Waals surface area contributed by atoms with Crippen LogP contribution in [0.5, 0.6) is 0 Å². The van der Waals surface area contributed by atoms with Gasteiger partial charge in [-0.05, 0) is 29.8 Å². The van der Waals surface area contributed by atoms with Gasteiger partial charge < -0.3 is 0 Å². The van der Waals surface area contributed by atoms with Gasteiger partial charge in [0, 0.05) is 37.7 Å². The third-order valence-electron chi connectivity index (χ3n) is 4.21. The van der Waals surface area contributed by atoms with Crippen LogP contribution < -0.4 is 0 Å². The minimum absolute atomic E-state index is 0.231. The van der Waals surface area contributed by atoms with E-state index in [0.29, 0.717) is 24.7 Å². The van der Waals surface area contributed by atoms with Gasteiger partial charge in [0.25, 0.3) is 0 Å². The lowest BCUT2D eigenvalue weighted by Gasteiger charge is -2.34. The average Bonchev–Trinajstić information content (AvgIpc) is 2.60. The van der Waals surface area contributed by atoms with Crippen LogP contribution in [0.25, 0.3) is 0 Å². The van der Waals surface area contributed by atoms with Gasteiger partial charge >= 0.3 is 0 Å². The summed E-state index contributed by atoms with van der Waals surface area (Å²) in [6.07, 6.45) is 0. The number of benzene rings is 2. The Labute approximate surface area is 150 Å². The second kappa shape index (κ2) is 7.37. The third kappa shape index (κ3) is 4.00. The van der Waals surface area contributed by atoms with Crippen LogP contribution in [-0.2, 0) is 16.6 Å². The second-order valence-electron chi connectivity index (χ2n) is 5.85. The minimum Gasteiger partial charge on any atom is -0.296 e. The van der Waals surface area contributed by atoms with Crippen LogP contribution in [-0.4, -0.2) is 43.8 Å². The molecule has 2 aromatic rings. The van der Waals surface area contributed by atoms with Gasteiger partial charge in [-0.15, -0.1) is 0 Å². The molecular formula is C17H17ClF2N2O2S. The first-order valence-electron chi connectivity index (χ1n) is 7.79. The van der Waals surface area contributed by atoms with Crippen molar-refractivity contribution in [3.8, 4) is 0 Å². The first kappa shape index (κ1) is 18.3. The summed E-state index contributed by atoms with van der Waals surface area (Å²) >= 11 is 6.15. The number of hydrogen-bond acceptors (Lipinski definition) is 3. The van der Waals surface area contributed by atoms with E-state index >= 15 is 0 Å². The highest BCUT2D eigenvalue weighted by molar-refractivity contribution is 7.89. The zero-order chi connectivity index (χ0) is 18.0. The van der Waals surface area contributed by atoms with Crippen LogP contribution in [0.15, 0.2) is 47.4 Å². The van der Waals surface area contributed by atoms with Crippen molar-refractivity contribution < 1.29 is 17.2 Å². The van der Waals surface area contributed by atoms with Crippen LogP contribution >= 0.6 is 11.6 Å². The number of piperazine rings is 1. The van der Waals surface area contributed by atoms with Crippen LogP contribution in [0.4, 0.5) is 8.78 Å². The van der Waals surface area contributed by atoms with Crippen molar-refractivity contribution in [3.05, 3.63) is 64.7 Å². The molecule has 8 heteroatoms. The lowest BCUT2D eigenvalue weighted by atomic mass is 10.2. The van der Waals surface area contributed by atoms with Gasteiger partial charge in [0.2, 0.25) is 10.0 Å².